The minimum atomic E-state index is -0.566. The smallest absolute Gasteiger partial charge is 0.303 e. The molecule has 1 saturated heterocycles. The molecule has 0 aromatic carbocycles. The summed E-state index contributed by atoms with van der Waals surface area (Å²) in [5.41, 5.74) is 0. The van der Waals surface area contributed by atoms with Crippen LogP contribution in [0.3, 0.4) is 0 Å². The summed E-state index contributed by atoms with van der Waals surface area (Å²) in [4.78, 5) is 22.0. The van der Waals surface area contributed by atoms with Crippen molar-refractivity contribution in [1.82, 2.24) is 0 Å². The summed E-state index contributed by atoms with van der Waals surface area (Å²) >= 11 is 0. The molecule has 0 N–H and O–H groups in total. The van der Waals surface area contributed by atoms with Crippen molar-refractivity contribution in [1.29, 1.82) is 0 Å². The van der Waals surface area contributed by atoms with Crippen molar-refractivity contribution < 1.29 is 33.3 Å². The molecule has 118 valence electrons. The largest absolute Gasteiger partial charge is 0.463 e. The molecule has 21 heavy (non-hydrogen) atoms. The minimum absolute atomic E-state index is 0.0283. The molecule has 0 unspecified atom stereocenters. The third-order valence-electron chi connectivity index (χ3n) is 3.10. The summed E-state index contributed by atoms with van der Waals surface area (Å²) in [6.45, 7) is 3.82. The normalized spacial score (nSPS) is 29.3. The van der Waals surface area contributed by atoms with Gasteiger partial charge in [0, 0.05) is 20.3 Å². The first-order valence-corrected chi connectivity index (χ1v) is 6.92. The Balaban J connectivity index is 1.93. The summed E-state index contributed by atoms with van der Waals surface area (Å²) in [6, 6.07) is 0. The zero-order valence-electron chi connectivity index (χ0n) is 12.2. The second-order valence-electron chi connectivity index (χ2n) is 4.88. The fourth-order valence-electron chi connectivity index (χ4n) is 2.21. The first-order valence-electron chi connectivity index (χ1n) is 6.92. The van der Waals surface area contributed by atoms with Crippen molar-refractivity contribution in [3.63, 3.8) is 0 Å². The summed E-state index contributed by atoms with van der Waals surface area (Å²) in [6.07, 6.45) is 2.47. The fourth-order valence-corrected chi connectivity index (χ4v) is 2.21. The van der Waals surface area contributed by atoms with E-state index in [2.05, 4.69) is 0 Å². The third-order valence-corrected chi connectivity index (χ3v) is 3.10. The van der Waals surface area contributed by atoms with Gasteiger partial charge in [0.2, 0.25) is 0 Å². The number of ether oxygens (including phenoxy) is 5. The first-order chi connectivity index (χ1) is 10.0. The van der Waals surface area contributed by atoms with Gasteiger partial charge in [-0.05, 0) is 6.08 Å². The second-order valence-corrected chi connectivity index (χ2v) is 4.88. The molecule has 0 spiro atoms. The van der Waals surface area contributed by atoms with Crippen LogP contribution in [0, 0.1) is 0 Å². The van der Waals surface area contributed by atoms with Crippen LogP contribution in [0.25, 0.3) is 0 Å². The van der Waals surface area contributed by atoms with Gasteiger partial charge in [0.15, 0.2) is 6.29 Å². The number of carbonyl (C=O) groups excluding carboxylic acids is 2. The number of hydrogen-bond donors (Lipinski definition) is 0. The second kappa shape index (κ2) is 7.53. The van der Waals surface area contributed by atoms with E-state index in [0.717, 1.165) is 0 Å². The summed E-state index contributed by atoms with van der Waals surface area (Å²) in [5, 5.41) is 0. The van der Waals surface area contributed by atoms with Gasteiger partial charge in [-0.1, -0.05) is 6.08 Å². The molecule has 0 aromatic rings. The molecule has 0 aliphatic carbocycles. The number of esters is 2. The van der Waals surface area contributed by atoms with Crippen molar-refractivity contribution in [2.24, 2.45) is 0 Å². The van der Waals surface area contributed by atoms with Gasteiger partial charge in [0.25, 0.3) is 0 Å². The maximum Gasteiger partial charge on any atom is 0.303 e. The van der Waals surface area contributed by atoms with E-state index in [-0.39, 0.29) is 19.0 Å². The van der Waals surface area contributed by atoms with E-state index in [1.54, 1.807) is 6.08 Å². The minimum Gasteiger partial charge on any atom is -0.463 e. The van der Waals surface area contributed by atoms with Crippen LogP contribution in [0.5, 0.6) is 0 Å². The van der Waals surface area contributed by atoms with Gasteiger partial charge in [-0.2, -0.15) is 0 Å². The van der Waals surface area contributed by atoms with E-state index in [4.69, 9.17) is 23.7 Å². The molecule has 2 rings (SSSR count). The average molecular weight is 300 g/mol. The maximum atomic E-state index is 11.1. The molecule has 7 heteroatoms. The molecular weight excluding hydrogens is 280 g/mol. The number of carbonyl (C=O) groups is 2. The van der Waals surface area contributed by atoms with E-state index < -0.39 is 24.1 Å². The monoisotopic (exact) mass is 300 g/mol. The molecule has 2 aliphatic rings. The molecule has 0 saturated carbocycles. The highest BCUT2D eigenvalue weighted by atomic mass is 16.7. The Morgan fingerprint density at radius 1 is 1.14 bits per heavy atom. The number of hydrogen-bond acceptors (Lipinski definition) is 7. The van der Waals surface area contributed by atoms with Crippen LogP contribution >= 0.6 is 0 Å². The van der Waals surface area contributed by atoms with E-state index in [0.29, 0.717) is 19.6 Å². The van der Waals surface area contributed by atoms with Gasteiger partial charge >= 0.3 is 11.9 Å². The van der Waals surface area contributed by atoms with Gasteiger partial charge in [0.05, 0.1) is 19.3 Å². The van der Waals surface area contributed by atoms with Crippen LogP contribution in [0.4, 0.5) is 0 Å². The quantitative estimate of drug-likeness (QED) is 0.542. The van der Waals surface area contributed by atoms with E-state index in [9.17, 15) is 9.59 Å². The Morgan fingerprint density at radius 2 is 1.86 bits per heavy atom. The highest BCUT2D eigenvalue weighted by Gasteiger charge is 2.32. The van der Waals surface area contributed by atoms with Crippen molar-refractivity contribution in [3.05, 3.63) is 12.2 Å². The summed E-state index contributed by atoms with van der Waals surface area (Å²) in [5.74, 6) is -0.823. The zero-order valence-corrected chi connectivity index (χ0v) is 12.2. The van der Waals surface area contributed by atoms with E-state index >= 15 is 0 Å². The Morgan fingerprint density at radius 3 is 2.48 bits per heavy atom. The fraction of sp³-hybridized carbons (Fsp3) is 0.714. The lowest BCUT2D eigenvalue weighted by molar-refractivity contribution is -0.167. The van der Waals surface area contributed by atoms with E-state index in [1.165, 1.54) is 13.8 Å². The highest BCUT2D eigenvalue weighted by molar-refractivity contribution is 5.66. The van der Waals surface area contributed by atoms with Crippen LogP contribution in [0.1, 0.15) is 20.3 Å². The van der Waals surface area contributed by atoms with Crippen molar-refractivity contribution in [2.45, 2.75) is 44.9 Å². The Kier molecular flexibility index (Phi) is 5.72. The summed E-state index contributed by atoms with van der Waals surface area (Å²) < 4.78 is 26.7. The zero-order chi connectivity index (χ0) is 15.2. The molecule has 7 nitrogen and oxygen atoms in total. The SMILES string of the molecule is CC(=O)OC[C@H]1O[C@H](CC2OCCO2)C=C[C@@H]1OC(C)=O. The first kappa shape index (κ1) is 15.9. The lowest BCUT2D eigenvalue weighted by Gasteiger charge is -2.32. The van der Waals surface area contributed by atoms with Crippen LogP contribution in [0.2, 0.25) is 0 Å². The maximum absolute atomic E-state index is 11.1. The number of rotatable bonds is 5. The van der Waals surface area contributed by atoms with Gasteiger partial charge in [-0.15, -0.1) is 0 Å². The topological polar surface area (TPSA) is 80.3 Å². The van der Waals surface area contributed by atoms with Crippen LogP contribution in [0.15, 0.2) is 12.2 Å². The molecule has 2 aliphatic heterocycles. The van der Waals surface area contributed by atoms with E-state index in [1.807, 2.05) is 6.08 Å². The van der Waals surface area contributed by atoms with Gasteiger partial charge in [-0.25, -0.2) is 0 Å². The van der Waals surface area contributed by atoms with Crippen molar-refractivity contribution in [2.75, 3.05) is 19.8 Å². The lowest BCUT2D eigenvalue weighted by Crippen LogP contribution is -2.42. The molecular formula is C14H20O7. The lowest BCUT2D eigenvalue weighted by atomic mass is 10.1. The van der Waals surface area contributed by atoms with Crippen molar-refractivity contribution in [3.8, 4) is 0 Å². The standard InChI is InChI=1S/C14H20O7/c1-9(15)19-8-13-12(20-10(2)16)4-3-11(21-13)7-14-17-5-6-18-14/h3-4,11-14H,5-8H2,1-2H3/t11-,12-,13+/m0/s1. The highest BCUT2D eigenvalue weighted by Crippen LogP contribution is 2.22. The Labute approximate surface area is 123 Å². The summed E-state index contributed by atoms with van der Waals surface area (Å²) in [7, 11) is 0. The molecule has 1 fully saturated rings. The predicted molar refractivity (Wildman–Crippen MR) is 70.3 cm³/mol. The van der Waals surface area contributed by atoms with Gasteiger partial charge in [-0.3, -0.25) is 9.59 Å². The molecule has 0 amide bonds. The predicted octanol–water partition coefficient (Wildman–Crippen LogP) is 0.568. The Bertz CT molecular complexity index is 400. The third kappa shape index (κ3) is 5.11. The molecule has 0 bridgehead atoms. The van der Waals surface area contributed by atoms with Crippen molar-refractivity contribution >= 4 is 11.9 Å². The van der Waals surface area contributed by atoms with Crippen LogP contribution in [-0.4, -0.2) is 56.4 Å². The molecule has 3 atom stereocenters. The molecule has 0 aromatic heterocycles. The molecule has 2 heterocycles. The van der Waals surface area contributed by atoms with Crippen LogP contribution < -0.4 is 0 Å². The van der Waals surface area contributed by atoms with Gasteiger partial charge in [0.1, 0.15) is 18.8 Å². The van der Waals surface area contributed by atoms with Gasteiger partial charge < -0.3 is 23.7 Å². The Hall–Kier alpha value is -1.44. The average Bonchev–Trinajstić information content (AvgIpc) is 2.91. The van der Waals surface area contributed by atoms with Crippen LogP contribution in [-0.2, 0) is 33.3 Å². The molecule has 0 radical (unpaired) electrons.